The van der Waals surface area contributed by atoms with Crippen LogP contribution in [-0.2, 0) is 13.1 Å². The lowest BCUT2D eigenvalue weighted by Crippen LogP contribution is -2.25. The quantitative estimate of drug-likeness (QED) is 0.854. The normalized spacial score (nSPS) is 22.2. The molecule has 1 aliphatic heterocycles. The molecule has 2 heterocycles. The fourth-order valence-electron chi connectivity index (χ4n) is 2.86. The lowest BCUT2D eigenvalue weighted by Gasteiger charge is -2.22. The second-order valence-electron chi connectivity index (χ2n) is 5.74. The fraction of sp³-hybridized carbons (Fsp3) is 0.500. The standard InChI is InChI=1S/C14H15F4N5O/c15-10-3-1-2-9(4-10)12-5-11(24)6-22(12)7-13-19-21-23(20-13)8-14(16,17)18/h1-4,11-12,24H,5-8H2/t11-,12+/m0/s1. The van der Waals surface area contributed by atoms with E-state index in [9.17, 15) is 22.7 Å². The number of aliphatic hydroxyl groups is 1. The Morgan fingerprint density at radius 3 is 2.79 bits per heavy atom. The SMILES string of the molecule is O[C@H]1C[C@H](c2cccc(F)c2)N(Cc2nnn(CC(F)(F)F)n2)C1. The number of hydrogen-bond acceptors (Lipinski definition) is 5. The van der Waals surface area contributed by atoms with Crippen molar-refractivity contribution in [3.8, 4) is 0 Å². The molecule has 3 rings (SSSR count). The molecule has 1 aliphatic rings. The van der Waals surface area contributed by atoms with Crippen LogP contribution in [0.2, 0.25) is 0 Å². The Labute approximate surface area is 134 Å². The van der Waals surface area contributed by atoms with Crippen molar-refractivity contribution in [1.29, 1.82) is 0 Å². The van der Waals surface area contributed by atoms with Gasteiger partial charge in [0.1, 0.15) is 5.82 Å². The number of β-amino-alcohol motifs (C(OH)–C–C–N with tert-alkyl or cyclic N) is 1. The third-order valence-corrected chi connectivity index (χ3v) is 3.77. The number of halogens is 4. The molecule has 24 heavy (non-hydrogen) atoms. The highest BCUT2D eigenvalue weighted by Crippen LogP contribution is 2.33. The van der Waals surface area contributed by atoms with E-state index in [0.29, 0.717) is 23.3 Å². The first kappa shape index (κ1) is 16.8. The van der Waals surface area contributed by atoms with Gasteiger partial charge in [0.2, 0.25) is 0 Å². The molecule has 0 bridgehead atoms. The third kappa shape index (κ3) is 4.06. The summed E-state index contributed by atoms with van der Waals surface area (Å²) in [5, 5.41) is 20.6. The molecule has 0 aliphatic carbocycles. The Morgan fingerprint density at radius 1 is 1.29 bits per heavy atom. The summed E-state index contributed by atoms with van der Waals surface area (Å²) in [6.45, 7) is -0.888. The first-order valence-corrected chi connectivity index (χ1v) is 7.31. The Hall–Kier alpha value is -2.07. The van der Waals surface area contributed by atoms with E-state index in [0.717, 1.165) is 0 Å². The van der Waals surface area contributed by atoms with Gasteiger partial charge < -0.3 is 5.11 Å². The Kier molecular flexibility index (Phi) is 4.50. The average molecular weight is 345 g/mol. The highest BCUT2D eigenvalue weighted by Gasteiger charge is 2.34. The van der Waals surface area contributed by atoms with Crippen molar-refractivity contribution in [2.24, 2.45) is 0 Å². The number of aliphatic hydroxyl groups excluding tert-OH is 1. The van der Waals surface area contributed by atoms with E-state index < -0.39 is 18.8 Å². The second kappa shape index (κ2) is 6.44. The zero-order valence-electron chi connectivity index (χ0n) is 12.5. The van der Waals surface area contributed by atoms with Crippen molar-refractivity contribution < 1.29 is 22.7 Å². The molecule has 1 aromatic carbocycles. The predicted molar refractivity (Wildman–Crippen MR) is 74.0 cm³/mol. The molecule has 1 N–H and O–H groups in total. The Balaban J connectivity index is 1.73. The van der Waals surface area contributed by atoms with Gasteiger partial charge in [0.05, 0.1) is 12.6 Å². The smallest absolute Gasteiger partial charge is 0.392 e. The lowest BCUT2D eigenvalue weighted by molar-refractivity contribution is -0.145. The molecule has 130 valence electrons. The molecule has 10 heteroatoms. The van der Waals surface area contributed by atoms with Crippen molar-refractivity contribution in [1.82, 2.24) is 25.1 Å². The van der Waals surface area contributed by atoms with Crippen molar-refractivity contribution in [3.05, 3.63) is 41.5 Å². The van der Waals surface area contributed by atoms with Crippen LogP contribution in [0.1, 0.15) is 23.9 Å². The maximum Gasteiger partial charge on any atom is 0.409 e. The molecule has 0 spiro atoms. The number of likely N-dealkylation sites (tertiary alicyclic amines) is 1. The number of nitrogens with zero attached hydrogens (tertiary/aromatic N) is 5. The molecule has 1 saturated heterocycles. The minimum Gasteiger partial charge on any atom is -0.392 e. The first-order chi connectivity index (χ1) is 11.3. The first-order valence-electron chi connectivity index (χ1n) is 7.31. The number of benzene rings is 1. The molecule has 0 saturated carbocycles. The van der Waals surface area contributed by atoms with Crippen molar-refractivity contribution >= 4 is 0 Å². The van der Waals surface area contributed by atoms with E-state index in [1.54, 1.807) is 17.0 Å². The molecule has 2 atom stereocenters. The molecule has 2 aromatic rings. The van der Waals surface area contributed by atoms with E-state index in [1.807, 2.05) is 0 Å². The van der Waals surface area contributed by atoms with E-state index in [2.05, 4.69) is 15.4 Å². The summed E-state index contributed by atoms with van der Waals surface area (Å²) in [6.07, 6.45) is -4.63. The Morgan fingerprint density at radius 2 is 2.08 bits per heavy atom. The number of rotatable bonds is 4. The van der Waals surface area contributed by atoms with Crippen LogP contribution >= 0.6 is 0 Å². The highest BCUT2D eigenvalue weighted by atomic mass is 19.4. The summed E-state index contributed by atoms with van der Waals surface area (Å²) >= 11 is 0. The molecule has 6 nitrogen and oxygen atoms in total. The van der Waals surface area contributed by atoms with Gasteiger partial charge >= 0.3 is 6.18 Å². The summed E-state index contributed by atoms with van der Waals surface area (Å²) < 4.78 is 50.4. The minimum absolute atomic E-state index is 0.120. The van der Waals surface area contributed by atoms with Crippen LogP contribution in [0.3, 0.4) is 0 Å². The predicted octanol–water partition coefficient (Wildman–Crippen LogP) is 1.68. The average Bonchev–Trinajstić information content (AvgIpc) is 3.04. The molecule has 1 aromatic heterocycles. The van der Waals surface area contributed by atoms with Gasteiger partial charge in [-0.2, -0.15) is 18.0 Å². The molecule has 0 radical (unpaired) electrons. The van der Waals surface area contributed by atoms with Gasteiger partial charge in [-0.25, -0.2) is 4.39 Å². The molecule has 1 fully saturated rings. The maximum atomic E-state index is 13.4. The monoisotopic (exact) mass is 345 g/mol. The van der Waals surface area contributed by atoms with Crippen molar-refractivity contribution in [2.45, 2.75) is 37.8 Å². The number of hydrogen-bond donors (Lipinski definition) is 1. The largest absolute Gasteiger partial charge is 0.409 e. The van der Waals surface area contributed by atoms with E-state index in [4.69, 9.17) is 0 Å². The molecular formula is C14H15F4N5O. The summed E-state index contributed by atoms with van der Waals surface area (Å²) in [4.78, 5) is 2.29. The van der Waals surface area contributed by atoms with Gasteiger partial charge in [-0.3, -0.25) is 4.90 Å². The highest BCUT2D eigenvalue weighted by molar-refractivity contribution is 5.21. The van der Waals surface area contributed by atoms with Crippen molar-refractivity contribution in [3.63, 3.8) is 0 Å². The van der Waals surface area contributed by atoms with E-state index >= 15 is 0 Å². The third-order valence-electron chi connectivity index (χ3n) is 3.77. The minimum atomic E-state index is -4.42. The topological polar surface area (TPSA) is 67.1 Å². The van der Waals surface area contributed by atoms with Crippen LogP contribution in [0.15, 0.2) is 24.3 Å². The van der Waals surface area contributed by atoms with Gasteiger partial charge in [-0.05, 0) is 29.3 Å². The summed E-state index contributed by atoms with van der Waals surface area (Å²) in [6, 6.07) is 5.76. The van der Waals surface area contributed by atoms with Gasteiger partial charge in [-0.15, -0.1) is 10.2 Å². The molecule has 0 amide bonds. The lowest BCUT2D eigenvalue weighted by atomic mass is 10.0. The van der Waals surface area contributed by atoms with Crippen molar-refractivity contribution in [2.75, 3.05) is 6.54 Å². The summed E-state index contributed by atoms with van der Waals surface area (Å²) in [7, 11) is 0. The number of alkyl halides is 3. The van der Waals surface area contributed by atoms with Crippen LogP contribution in [0.4, 0.5) is 17.6 Å². The second-order valence-corrected chi connectivity index (χ2v) is 5.74. The zero-order valence-corrected chi connectivity index (χ0v) is 12.5. The zero-order chi connectivity index (χ0) is 17.3. The van der Waals surface area contributed by atoms with E-state index in [1.165, 1.54) is 12.1 Å². The van der Waals surface area contributed by atoms with Gasteiger partial charge in [0.25, 0.3) is 0 Å². The van der Waals surface area contributed by atoms with E-state index in [-0.39, 0.29) is 24.2 Å². The summed E-state index contributed by atoms with van der Waals surface area (Å²) in [5.41, 5.74) is 0.689. The molecular weight excluding hydrogens is 330 g/mol. The van der Waals surface area contributed by atoms with Gasteiger partial charge in [0.15, 0.2) is 12.4 Å². The maximum absolute atomic E-state index is 13.4. The number of aromatic nitrogens is 4. The van der Waals surface area contributed by atoms with Crippen LogP contribution in [0, 0.1) is 5.82 Å². The van der Waals surface area contributed by atoms with Crippen LogP contribution in [-0.4, -0.2) is 49.0 Å². The number of tetrazole rings is 1. The molecule has 0 unspecified atom stereocenters. The van der Waals surface area contributed by atoms with Gasteiger partial charge in [0, 0.05) is 12.6 Å². The fourth-order valence-corrected chi connectivity index (χ4v) is 2.86. The van der Waals surface area contributed by atoms with Crippen LogP contribution in [0.5, 0.6) is 0 Å². The Bertz CT molecular complexity index is 704. The van der Waals surface area contributed by atoms with Crippen LogP contribution < -0.4 is 0 Å². The van der Waals surface area contributed by atoms with Crippen LogP contribution in [0.25, 0.3) is 0 Å². The summed E-state index contributed by atoms with van der Waals surface area (Å²) in [5.74, 6) is -0.266. The van der Waals surface area contributed by atoms with Gasteiger partial charge in [-0.1, -0.05) is 12.1 Å².